The normalized spacial score (nSPS) is 30.7. The van der Waals surface area contributed by atoms with Crippen molar-refractivity contribution in [2.45, 2.75) is 101 Å². The highest BCUT2D eigenvalue weighted by Crippen LogP contribution is 2.55. The van der Waals surface area contributed by atoms with Crippen LogP contribution in [-0.4, -0.2) is 65.4 Å². The first-order valence-corrected chi connectivity index (χ1v) is 22.3. The Balaban J connectivity index is 0.811. The van der Waals surface area contributed by atoms with Gasteiger partial charge < -0.3 is 40.3 Å². The molecule has 4 atom stereocenters. The summed E-state index contributed by atoms with van der Waals surface area (Å²) in [6, 6.07) is 35.1. The Hall–Kier alpha value is -4.74. The second kappa shape index (κ2) is 16.3. The molecule has 10 heteroatoms. The molecule has 10 nitrogen and oxygen atoms in total. The zero-order valence-corrected chi connectivity index (χ0v) is 34.7. The predicted molar refractivity (Wildman–Crippen MR) is 231 cm³/mol. The molecule has 0 unspecified atom stereocenters. The van der Waals surface area contributed by atoms with E-state index in [2.05, 4.69) is 105 Å². The van der Waals surface area contributed by atoms with E-state index in [4.69, 9.17) is 9.47 Å². The first-order chi connectivity index (χ1) is 29.2. The Morgan fingerprint density at radius 2 is 1.48 bits per heavy atom. The number of anilines is 1. The number of ether oxygens (including phenoxy) is 2. The molecule has 4 aromatic carbocycles. The second-order valence-electron chi connectivity index (χ2n) is 18.9. The van der Waals surface area contributed by atoms with Gasteiger partial charge in [0.25, 0.3) is 0 Å². The van der Waals surface area contributed by atoms with E-state index in [1.165, 1.54) is 19.3 Å². The maximum absolute atomic E-state index is 13.4. The summed E-state index contributed by atoms with van der Waals surface area (Å²) in [5, 5.41) is 19.5. The van der Waals surface area contributed by atoms with Crippen molar-refractivity contribution < 1.29 is 24.2 Å². The van der Waals surface area contributed by atoms with Gasteiger partial charge in [-0.15, -0.1) is 0 Å². The number of benzene rings is 4. The first-order valence-electron chi connectivity index (χ1n) is 22.3. The lowest BCUT2D eigenvalue weighted by atomic mass is 9.53. The Labute approximate surface area is 354 Å². The molecule has 11 rings (SSSR count). The minimum Gasteiger partial charge on any atom is -0.392 e. The summed E-state index contributed by atoms with van der Waals surface area (Å²) in [5.74, 6) is 2.54. The van der Waals surface area contributed by atoms with Crippen molar-refractivity contribution in [3.8, 4) is 11.1 Å². The molecule has 1 spiro atoms. The van der Waals surface area contributed by atoms with E-state index in [1.807, 2.05) is 30.3 Å². The van der Waals surface area contributed by atoms with Gasteiger partial charge in [-0.25, -0.2) is 4.79 Å². The minimum absolute atomic E-state index is 0.00529. The number of aliphatic hydroxyl groups is 1. The SMILES string of the molecule is C[C@@H]1[C@H](CN2CCC3(CC2)C(=O)NCN3c2ccccc2)O[C@H](c2ccc(-c3cccc(CNC(=O)NC45CC6CC(CC(C6)C4)C5)c3)cc2)O[C@@H]1c1ccc(CO)cc1. The van der Waals surface area contributed by atoms with Crippen molar-refractivity contribution in [3.05, 3.63) is 125 Å². The third kappa shape index (κ3) is 7.72. The summed E-state index contributed by atoms with van der Waals surface area (Å²) >= 11 is 0. The molecular formula is C50H59N5O5. The van der Waals surface area contributed by atoms with Crippen LogP contribution in [0.1, 0.15) is 92.9 Å². The van der Waals surface area contributed by atoms with Crippen molar-refractivity contribution in [1.82, 2.24) is 20.9 Å². The summed E-state index contributed by atoms with van der Waals surface area (Å²) in [6.07, 6.45) is 8.08. The van der Waals surface area contributed by atoms with Crippen molar-refractivity contribution in [2.75, 3.05) is 31.2 Å². The zero-order valence-electron chi connectivity index (χ0n) is 34.7. The number of hydrogen-bond donors (Lipinski definition) is 4. The Bertz CT molecular complexity index is 2120. The summed E-state index contributed by atoms with van der Waals surface area (Å²) in [6.45, 7) is 5.52. The molecule has 4 aromatic rings. The lowest BCUT2D eigenvalue weighted by molar-refractivity contribution is -0.276. The number of nitrogens with one attached hydrogen (secondary N) is 3. The summed E-state index contributed by atoms with van der Waals surface area (Å²) < 4.78 is 13.7. The highest BCUT2D eigenvalue weighted by atomic mass is 16.7. The second-order valence-corrected chi connectivity index (χ2v) is 18.9. The number of aliphatic hydroxyl groups excluding tert-OH is 1. The van der Waals surface area contributed by atoms with Crippen LogP contribution in [0.5, 0.6) is 0 Å². The van der Waals surface area contributed by atoms with Crippen LogP contribution in [0.2, 0.25) is 0 Å². The van der Waals surface area contributed by atoms with Crippen molar-refractivity contribution >= 4 is 17.6 Å². The van der Waals surface area contributed by atoms with Crippen molar-refractivity contribution in [2.24, 2.45) is 23.7 Å². The molecule has 0 aromatic heterocycles. The molecule has 60 heavy (non-hydrogen) atoms. The largest absolute Gasteiger partial charge is 0.392 e. The van der Waals surface area contributed by atoms with Gasteiger partial charge in [0.2, 0.25) is 5.91 Å². The van der Waals surface area contributed by atoms with Crippen LogP contribution in [0.15, 0.2) is 103 Å². The van der Waals surface area contributed by atoms with Crippen LogP contribution in [0, 0.1) is 23.7 Å². The number of hydrogen-bond acceptors (Lipinski definition) is 7. The fraction of sp³-hybridized carbons (Fsp3) is 0.480. The number of para-hydroxylation sites is 1. The van der Waals surface area contributed by atoms with Crippen LogP contribution in [0.3, 0.4) is 0 Å². The highest BCUT2D eigenvalue weighted by Gasteiger charge is 2.52. The molecule has 3 amide bonds. The number of piperidine rings is 1. The highest BCUT2D eigenvalue weighted by molar-refractivity contribution is 5.93. The Kier molecular flexibility index (Phi) is 10.7. The predicted octanol–water partition coefficient (Wildman–Crippen LogP) is 7.83. The van der Waals surface area contributed by atoms with E-state index < -0.39 is 11.8 Å². The molecule has 7 aliphatic rings. The van der Waals surface area contributed by atoms with E-state index in [0.29, 0.717) is 13.2 Å². The van der Waals surface area contributed by atoms with E-state index in [1.54, 1.807) is 0 Å². The molecule has 4 saturated carbocycles. The van der Waals surface area contributed by atoms with Crippen LogP contribution >= 0.6 is 0 Å². The molecule has 4 bridgehead atoms. The monoisotopic (exact) mass is 809 g/mol. The lowest BCUT2D eigenvalue weighted by Crippen LogP contribution is -2.61. The van der Waals surface area contributed by atoms with Crippen LogP contribution in [-0.2, 0) is 27.4 Å². The average molecular weight is 810 g/mol. The summed E-state index contributed by atoms with van der Waals surface area (Å²) in [5.41, 5.74) is 6.64. The van der Waals surface area contributed by atoms with Crippen LogP contribution < -0.4 is 20.9 Å². The van der Waals surface area contributed by atoms with Crippen molar-refractivity contribution in [3.63, 3.8) is 0 Å². The number of carbonyl (C=O) groups excluding carboxylic acids is 2. The fourth-order valence-electron chi connectivity index (χ4n) is 12.1. The third-order valence-electron chi connectivity index (χ3n) is 15.0. The number of likely N-dealkylation sites (tertiary alicyclic amines) is 1. The number of rotatable bonds is 10. The number of amides is 3. The molecule has 3 heterocycles. The Morgan fingerprint density at radius 3 is 2.17 bits per heavy atom. The van der Waals surface area contributed by atoms with E-state index >= 15 is 0 Å². The number of urea groups is 1. The maximum atomic E-state index is 13.4. The van der Waals surface area contributed by atoms with Gasteiger partial charge in [-0.05, 0) is 115 Å². The van der Waals surface area contributed by atoms with Gasteiger partial charge in [0.1, 0.15) is 5.54 Å². The minimum atomic E-state index is -0.573. The van der Waals surface area contributed by atoms with Gasteiger partial charge in [-0.3, -0.25) is 4.79 Å². The maximum Gasteiger partial charge on any atom is 0.315 e. The fourth-order valence-corrected chi connectivity index (χ4v) is 12.1. The topological polar surface area (TPSA) is 115 Å². The number of nitrogens with zero attached hydrogens (tertiary/aromatic N) is 2. The smallest absolute Gasteiger partial charge is 0.315 e. The zero-order chi connectivity index (χ0) is 40.8. The first kappa shape index (κ1) is 39.4. The number of carbonyl (C=O) groups is 2. The molecular weight excluding hydrogens is 751 g/mol. The Morgan fingerprint density at radius 1 is 0.800 bits per heavy atom. The molecule has 314 valence electrons. The molecule has 4 aliphatic carbocycles. The standard InChI is InChI=1S/C50H59N5O5/c1-33-44(30-54-20-18-50(19-21-54)47(57)52-32-55(50)43-8-3-2-4-9-43)59-46(60-45(33)40-12-10-34(31-56)11-13-40)41-16-14-39(15-17-41)42-7-5-6-35(25-42)29-51-48(58)53-49-26-36-22-37(27-49)24-38(23-36)28-49/h2-17,25,33,36-38,44-46,56H,18-24,26-32H2,1H3,(H,52,57)(H2,51,53,58)/t33-,36?,37?,38?,44+,45+,46+,49?/m1/s1. The quantitative estimate of drug-likeness (QED) is 0.129. The van der Waals surface area contributed by atoms with Crippen LogP contribution in [0.25, 0.3) is 11.1 Å². The summed E-state index contributed by atoms with van der Waals surface area (Å²) in [4.78, 5) is 31.3. The average Bonchev–Trinajstić information content (AvgIpc) is 3.58. The van der Waals surface area contributed by atoms with Gasteiger partial charge in [0.15, 0.2) is 6.29 Å². The molecule has 7 fully saturated rings. The van der Waals surface area contributed by atoms with E-state index in [9.17, 15) is 14.7 Å². The third-order valence-corrected chi connectivity index (χ3v) is 15.0. The van der Waals surface area contributed by atoms with E-state index in [0.717, 1.165) is 109 Å². The molecule has 4 N–H and O–H groups in total. The lowest BCUT2D eigenvalue weighted by Gasteiger charge is -2.56. The van der Waals surface area contributed by atoms with Gasteiger partial charge in [-0.1, -0.05) is 91.9 Å². The van der Waals surface area contributed by atoms with Crippen molar-refractivity contribution in [1.29, 1.82) is 0 Å². The molecule has 3 aliphatic heterocycles. The van der Waals surface area contributed by atoms with Gasteiger partial charge in [0.05, 0.1) is 25.5 Å². The summed E-state index contributed by atoms with van der Waals surface area (Å²) in [7, 11) is 0. The van der Waals surface area contributed by atoms with Gasteiger partial charge in [0, 0.05) is 48.9 Å². The van der Waals surface area contributed by atoms with Gasteiger partial charge in [-0.2, -0.15) is 0 Å². The molecule has 3 saturated heterocycles. The van der Waals surface area contributed by atoms with Crippen LogP contribution in [0.4, 0.5) is 10.5 Å². The van der Waals surface area contributed by atoms with Gasteiger partial charge >= 0.3 is 6.03 Å². The molecule has 0 radical (unpaired) electrons. The van der Waals surface area contributed by atoms with E-state index in [-0.39, 0.29) is 42.2 Å².